The van der Waals surface area contributed by atoms with Gasteiger partial charge in [-0.2, -0.15) is 0 Å². The van der Waals surface area contributed by atoms with Gasteiger partial charge in [-0.1, -0.05) is 24.6 Å². The van der Waals surface area contributed by atoms with Crippen LogP contribution >= 0.6 is 11.6 Å². The number of nitrogens with two attached hydrogens (primary N) is 1. The molecule has 1 aromatic rings. The van der Waals surface area contributed by atoms with Crippen LogP contribution in [0.15, 0.2) is 23.1 Å². The van der Waals surface area contributed by atoms with Crippen molar-refractivity contribution in [1.82, 2.24) is 4.72 Å². The Balaban J connectivity index is 3.16. The second-order valence-electron chi connectivity index (χ2n) is 2.97. The third-order valence-electron chi connectivity index (χ3n) is 1.86. The largest absolute Gasteiger partial charge is 0.326 e. The standard InChI is InChI=1S/C9H13ClN2O2S/c1-2-12-15(13,14)9-4-3-7(6-11)5-8(9)10/h3-5,12H,2,6,11H2,1H3. The topological polar surface area (TPSA) is 72.2 Å². The maximum Gasteiger partial charge on any atom is 0.242 e. The number of hydrogen-bond acceptors (Lipinski definition) is 3. The zero-order valence-electron chi connectivity index (χ0n) is 8.33. The highest BCUT2D eigenvalue weighted by atomic mass is 35.5. The Labute approximate surface area is 94.5 Å². The first-order valence-corrected chi connectivity index (χ1v) is 6.35. The molecule has 0 unspecified atom stereocenters. The van der Waals surface area contributed by atoms with Crippen molar-refractivity contribution in [2.45, 2.75) is 18.4 Å². The molecule has 0 atom stereocenters. The number of halogens is 1. The first kappa shape index (κ1) is 12.4. The molecule has 1 rings (SSSR count). The highest BCUT2D eigenvalue weighted by molar-refractivity contribution is 7.89. The predicted molar refractivity (Wildman–Crippen MR) is 60.2 cm³/mol. The van der Waals surface area contributed by atoms with E-state index in [0.717, 1.165) is 5.56 Å². The molecule has 0 saturated heterocycles. The molecule has 0 aliphatic rings. The van der Waals surface area contributed by atoms with E-state index in [1.807, 2.05) is 0 Å². The van der Waals surface area contributed by atoms with Gasteiger partial charge in [-0.05, 0) is 17.7 Å². The highest BCUT2D eigenvalue weighted by Gasteiger charge is 2.16. The number of rotatable bonds is 4. The SMILES string of the molecule is CCNS(=O)(=O)c1ccc(CN)cc1Cl. The van der Waals surface area contributed by atoms with Crippen LogP contribution in [0.4, 0.5) is 0 Å². The highest BCUT2D eigenvalue weighted by Crippen LogP contribution is 2.22. The monoisotopic (exact) mass is 248 g/mol. The molecule has 0 aliphatic heterocycles. The van der Waals surface area contributed by atoms with E-state index in [2.05, 4.69) is 4.72 Å². The average Bonchev–Trinajstić information content (AvgIpc) is 2.17. The fraction of sp³-hybridized carbons (Fsp3) is 0.333. The van der Waals surface area contributed by atoms with E-state index < -0.39 is 10.0 Å². The van der Waals surface area contributed by atoms with Crippen LogP contribution in [-0.2, 0) is 16.6 Å². The zero-order chi connectivity index (χ0) is 11.5. The molecule has 4 nitrogen and oxygen atoms in total. The van der Waals surface area contributed by atoms with Crippen LogP contribution in [-0.4, -0.2) is 15.0 Å². The molecule has 3 N–H and O–H groups in total. The minimum Gasteiger partial charge on any atom is -0.326 e. The summed E-state index contributed by atoms with van der Waals surface area (Å²) < 4.78 is 25.6. The maximum absolute atomic E-state index is 11.6. The molecule has 15 heavy (non-hydrogen) atoms. The van der Waals surface area contributed by atoms with E-state index in [0.29, 0.717) is 13.1 Å². The van der Waals surface area contributed by atoms with Gasteiger partial charge in [0.1, 0.15) is 4.90 Å². The van der Waals surface area contributed by atoms with Gasteiger partial charge in [-0.25, -0.2) is 13.1 Å². The number of sulfonamides is 1. The van der Waals surface area contributed by atoms with Crippen LogP contribution in [0.25, 0.3) is 0 Å². The van der Waals surface area contributed by atoms with Crippen LogP contribution in [0.3, 0.4) is 0 Å². The third-order valence-corrected chi connectivity index (χ3v) is 3.88. The van der Waals surface area contributed by atoms with Crippen LogP contribution in [0.2, 0.25) is 5.02 Å². The number of nitrogens with one attached hydrogen (secondary N) is 1. The lowest BCUT2D eigenvalue weighted by atomic mass is 10.2. The van der Waals surface area contributed by atoms with E-state index in [-0.39, 0.29) is 9.92 Å². The lowest BCUT2D eigenvalue weighted by Crippen LogP contribution is -2.23. The van der Waals surface area contributed by atoms with Gasteiger partial charge in [0.2, 0.25) is 10.0 Å². The molecule has 0 heterocycles. The molecule has 0 aliphatic carbocycles. The van der Waals surface area contributed by atoms with Crippen molar-refractivity contribution in [2.24, 2.45) is 5.73 Å². The van der Waals surface area contributed by atoms with Gasteiger partial charge < -0.3 is 5.73 Å². The molecular formula is C9H13ClN2O2S. The number of benzene rings is 1. The Bertz CT molecular complexity index is 445. The molecule has 0 saturated carbocycles. The summed E-state index contributed by atoms with van der Waals surface area (Å²) in [5, 5.41) is 0.193. The second-order valence-corrected chi connectivity index (χ2v) is 5.11. The Hall–Kier alpha value is -0.620. The summed E-state index contributed by atoms with van der Waals surface area (Å²) in [6.07, 6.45) is 0. The van der Waals surface area contributed by atoms with Crippen LogP contribution in [0, 0.1) is 0 Å². The zero-order valence-corrected chi connectivity index (χ0v) is 9.90. The lowest BCUT2D eigenvalue weighted by Gasteiger charge is -2.07. The van der Waals surface area contributed by atoms with Crippen molar-refractivity contribution in [2.75, 3.05) is 6.54 Å². The van der Waals surface area contributed by atoms with Gasteiger partial charge in [0.05, 0.1) is 5.02 Å². The van der Waals surface area contributed by atoms with E-state index in [1.54, 1.807) is 19.1 Å². The van der Waals surface area contributed by atoms with Gasteiger partial charge in [-0.3, -0.25) is 0 Å². The van der Waals surface area contributed by atoms with E-state index in [1.165, 1.54) is 6.07 Å². The summed E-state index contributed by atoms with van der Waals surface area (Å²) in [5.74, 6) is 0. The van der Waals surface area contributed by atoms with Gasteiger partial charge in [-0.15, -0.1) is 0 Å². The fourth-order valence-electron chi connectivity index (χ4n) is 1.16. The van der Waals surface area contributed by atoms with Crippen molar-refractivity contribution < 1.29 is 8.42 Å². The van der Waals surface area contributed by atoms with Crippen molar-refractivity contribution in [3.05, 3.63) is 28.8 Å². The Kier molecular flexibility index (Phi) is 4.10. The van der Waals surface area contributed by atoms with Crippen LogP contribution < -0.4 is 10.5 Å². The quantitative estimate of drug-likeness (QED) is 0.838. The molecule has 84 valence electrons. The second kappa shape index (κ2) is 4.94. The molecule has 6 heteroatoms. The van der Waals surface area contributed by atoms with Gasteiger partial charge in [0.25, 0.3) is 0 Å². The maximum atomic E-state index is 11.6. The molecule has 0 bridgehead atoms. The Morgan fingerprint density at radius 2 is 2.13 bits per heavy atom. The fourth-order valence-corrected chi connectivity index (χ4v) is 2.76. The summed E-state index contributed by atoms with van der Waals surface area (Å²) in [5.41, 5.74) is 6.21. The summed E-state index contributed by atoms with van der Waals surface area (Å²) in [4.78, 5) is 0.0863. The molecule has 0 radical (unpaired) electrons. The Morgan fingerprint density at radius 1 is 1.47 bits per heavy atom. The predicted octanol–water partition coefficient (Wildman–Crippen LogP) is 1.10. The van der Waals surface area contributed by atoms with E-state index in [9.17, 15) is 8.42 Å². The molecule has 0 aromatic heterocycles. The average molecular weight is 249 g/mol. The summed E-state index contributed by atoms with van der Waals surface area (Å²) in [6.45, 7) is 2.37. The number of hydrogen-bond donors (Lipinski definition) is 2. The van der Waals surface area contributed by atoms with Crippen LogP contribution in [0.1, 0.15) is 12.5 Å². The first-order chi connectivity index (χ1) is 7.01. The van der Waals surface area contributed by atoms with Crippen molar-refractivity contribution >= 4 is 21.6 Å². The summed E-state index contributed by atoms with van der Waals surface area (Å²) >= 11 is 5.85. The molecule has 0 spiro atoms. The minimum absolute atomic E-state index is 0.0863. The minimum atomic E-state index is -3.49. The summed E-state index contributed by atoms with van der Waals surface area (Å²) in [6, 6.07) is 4.67. The molecule has 0 fully saturated rings. The summed E-state index contributed by atoms with van der Waals surface area (Å²) in [7, 11) is -3.49. The molecular weight excluding hydrogens is 236 g/mol. The normalized spacial score (nSPS) is 11.7. The van der Waals surface area contributed by atoms with Gasteiger partial charge >= 0.3 is 0 Å². The van der Waals surface area contributed by atoms with Gasteiger partial charge in [0.15, 0.2) is 0 Å². The van der Waals surface area contributed by atoms with Crippen molar-refractivity contribution in [1.29, 1.82) is 0 Å². The first-order valence-electron chi connectivity index (χ1n) is 4.49. The van der Waals surface area contributed by atoms with Crippen LogP contribution in [0.5, 0.6) is 0 Å². The smallest absolute Gasteiger partial charge is 0.242 e. The lowest BCUT2D eigenvalue weighted by molar-refractivity contribution is 0.584. The van der Waals surface area contributed by atoms with Crippen molar-refractivity contribution in [3.8, 4) is 0 Å². The third kappa shape index (κ3) is 2.92. The van der Waals surface area contributed by atoms with Crippen molar-refractivity contribution in [3.63, 3.8) is 0 Å². The van der Waals surface area contributed by atoms with E-state index in [4.69, 9.17) is 17.3 Å². The Morgan fingerprint density at radius 3 is 2.60 bits per heavy atom. The molecule has 1 aromatic carbocycles. The van der Waals surface area contributed by atoms with E-state index >= 15 is 0 Å². The van der Waals surface area contributed by atoms with Gasteiger partial charge in [0, 0.05) is 13.1 Å². The molecule has 0 amide bonds.